The van der Waals surface area contributed by atoms with Gasteiger partial charge in [0.15, 0.2) is 0 Å². The Kier molecular flexibility index (Phi) is 5.93. The first-order valence-corrected chi connectivity index (χ1v) is 6.29. The van der Waals surface area contributed by atoms with Crippen molar-refractivity contribution in [3.05, 3.63) is 29.8 Å². The Labute approximate surface area is 115 Å². The second-order valence-electron chi connectivity index (χ2n) is 4.67. The van der Waals surface area contributed by atoms with Crippen molar-refractivity contribution in [3.63, 3.8) is 0 Å². The maximum Gasteiger partial charge on any atom is 0.124 e. The number of likely N-dealkylation sites (tertiary alicyclic amines) is 1. The van der Waals surface area contributed by atoms with E-state index in [0.717, 1.165) is 24.4 Å². The lowest BCUT2D eigenvalue weighted by molar-refractivity contribution is 0.0696. The first-order chi connectivity index (χ1) is 8.24. The summed E-state index contributed by atoms with van der Waals surface area (Å²) in [5, 5.41) is 10.4. The van der Waals surface area contributed by atoms with Crippen molar-refractivity contribution in [2.24, 2.45) is 0 Å². The maximum atomic E-state index is 10.4. The van der Waals surface area contributed by atoms with E-state index >= 15 is 0 Å². The van der Waals surface area contributed by atoms with Crippen LogP contribution < -0.4 is 4.74 Å². The van der Waals surface area contributed by atoms with Crippen LogP contribution in [0.15, 0.2) is 24.3 Å². The largest absolute Gasteiger partial charge is 0.496 e. The maximum absolute atomic E-state index is 10.4. The Morgan fingerprint density at radius 1 is 1.22 bits per heavy atom. The molecule has 0 bridgehead atoms. The average Bonchev–Trinajstić information content (AvgIpc) is 2.90. The third kappa shape index (κ3) is 3.16. The topological polar surface area (TPSA) is 32.7 Å². The fourth-order valence-electron chi connectivity index (χ4n) is 2.52. The summed E-state index contributed by atoms with van der Waals surface area (Å²) in [6, 6.07) is 7.85. The van der Waals surface area contributed by atoms with Gasteiger partial charge in [0.2, 0.25) is 0 Å². The first-order valence-electron chi connectivity index (χ1n) is 6.29. The number of methoxy groups -OCH3 is 1. The average molecular weight is 272 g/mol. The molecular weight excluding hydrogens is 250 g/mol. The van der Waals surface area contributed by atoms with Crippen LogP contribution in [0.2, 0.25) is 0 Å². The van der Waals surface area contributed by atoms with Gasteiger partial charge in [-0.1, -0.05) is 18.2 Å². The number of ether oxygens (including phenoxy) is 1. The molecule has 1 saturated heterocycles. The molecule has 1 aromatic rings. The third-order valence-electron chi connectivity index (χ3n) is 3.63. The highest BCUT2D eigenvalue weighted by atomic mass is 35.5. The van der Waals surface area contributed by atoms with E-state index in [0.29, 0.717) is 0 Å². The Morgan fingerprint density at radius 3 is 2.44 bits per heavy atom. The monoisotopic (exact) mass is 271 g/mol. The minimum atomic E-state index is -0.482. The molecule has 2 unspecified atom stereocenters. The van der Waals surface area contributed by atoms with Gasteiger partial charge in [-0.25, -0.2) is 0 Å². The number of hydrogen-bond acceptors (Lipinski definition) is 3. The number of hydrogen-bond donors (Lipinski definition) is 1. The minimum Gasteiger partial charge on any atom is -0.496 e. The predicted molar refractivity (Wildman–Crippen MR) is 75.5 cm³/mol. The van der Waals surface area contributed by atoms with E-state index in [2.05, 4.69) is 11.8 Å². The van der Waals surface area contributed by atoms with Crippen molar-refractivity contribution >= 4 is 12.4 Å². The molecule has 0 aromatic heterocycles. The molecule has 1 aliphatic rings. The zero-order valence-electron chi connectivity index (χ0n) is 11.0. The molecule has 18 heavy (non-hydrogen) atoms. The SMILES string of the molecule is COc1ccccc1C(O)C(C)N1CCCC1.Cl. The van der Waals surface area contributed by atoms with Gasteiger partial charge in [-0.05, 0) is 38.9 Å². The number of benzene rings is 1. The number of halogens is 1. The molecule has 3 nitrogen and oxygen atoms in total. The quantitative estimate of drug-likeness (QED) is 0.914. The van der Waals surface area contributed by atoms with E-state index in [1.807, 2.05) is 24.3 Å². The van der Waals surface area contributed by atoms with Crippen LogP contribution in [-0.4, -0.2) is 36.2 Å². The Bertz CT molecular complexity index is 367. The highest BCUT2D eigenvalue weighted by Crippen LogP contribution is 2.30. The number of para-hydroxylation sites is 1. The fourth-order valence-corrected chi connectivity index (χ4v) is 2.52. The molecule has 0 spiro atoms. The van der Waals surface area contributed by atoms with Crippen molar-refractivity contribution in [2.75, 3.05) is 20.2 Å². The predicted octanol–water partition coefficient (Wildman–Crippen LogP) is 2.63. The lowest BCUT2D eigenvalue weighted by Crippen LogP contribution is -2.35. The molecule has 0 amide bonds. The third-order valence-corrected chi connectivity index (χ3v) is 3.63. The highest BCUT2D eigenvalue weighted by Gasteiger charge is 2.26. The van der Waals surface area contributed by atoms with Crippen LogP contribution in [0.5, 0.6) is 5.75 Å². The van der Waals surface area contributed by atoms with Gasteiger partial charge in [-0.2, -0.15) is 0 Å². The smallest absolute Gasteiger partial charge is 0.124 e. The molecule has 1 aromatic carbocycles. The van der Waals surface area contributed by atoms with Gasteiger partial charge < -0.3 is 9.84 Å². The van der Waals surface area contributed by atoms with Crippen molar-refractivity contribution in [3.8, 4) is 5.75 Å². The van der Waals surface area contributed by atoms with E-state index in [9.17, 15) is 5.11 Å². The van der Waals surface area contributed by atoms with E-state index in [1.54, 1.807) is 7.11 Å². The fraction of sp³-hybridized carbons (Fsp3) is 0.571. The van der Waals surface area contributed by atoms with Crippen LogP contribution in [-0.2, 0) is 0 Å². The number of rotatable bonds is 4. The second kappa shape index (κ2) is 6.98. The lowest BCUT2D eigenvalue weighted by Gasteiger charge is -2.29. The molecule has 0 radical (unpaired) electrons. The zero-order valence-corrected chi connectivity index (χ0v) is 11.8. The minimum absolute atomic E-state index is 0. The van der Waals surface area contributed by atoms with E-state index in [4.69, 9.17) is 4.74 Å². The number of nitrogens with zero attached hydrogens (tertiary/aromatic N) is 1. The van der Waals surface area contributed by atoms with Gasteiger partial charge >= 0.3 is 0 Å². The van der Waals surface area contributed by atoms with Crippen molar-refractivity contribution in [1.82, 2.24) is 4.90 Å². The normalized spacial score (nSPS) is 19.1. The van der Waals surface area contributed by atoms with Crippen molar-refractivity contribution in [1.29, 1.82) is 0 Å². The zero-order chi connectivity index (χ0) is 12.3. The van der Waals surface area contributed by atoms with Gasteiger partial charge in [-0.3, -0.25) is 4.90 Å². The van der Waals surface area contributed by atoms with Gasteiger partial charge in [0.05, 0.1) is 13.2 Å². The molecule has 0 saturated carbocycles. The molecule has 1 N–H and O–H groups in total. The molecule has 2 atom stereocenters. The summed E-state index contributed by atoms with van der Waals surface area (Å²) < 4.78 is 5.30. The van der Waals surface area contributed by atoms with Crippen LogP contribution in [0.3, 0.4) is 0 Å². The second-order valence-corrected chi connectivity index (χ2v) is 4.67. The standard InChI is InChI=1S/C14H21NO2.ClH/c1-11(15-9-5-6-10-15)14(16)12-7-3-4-8-13(12)17-2;/h3-4,7-8,11,14,16H,5-6,9-10H2,1-2H3;1H. The van der Waals surface area contributed by atoms with Crippen LogP contribution in [0.4, 0.5) is 0 Å². The van der Waals surface area contributed by atoms with Crippen LogP contribution >= 0.6 is 12.4 Å². The van der Waals surface area contributed by atoms with Gasteiger partial charge in [0.25, 0.3) is 0 Å². The number of aliphatic hydroxyl groups is 1. The Balaban J connectivity index is 0.00000162. The molecule has 2 rings (SSSR count). The van der Waals surface area contributed by atoms with E-state index in [1.165, 1.54) is 12.8 Å². The summed E-state index contributed by atoms with van der Waals surface area (Å²) in [7, 11) is 1.64. The Morgan fingerprint density at radius 2 is 1.83 bits per heavy atom. The number of aliphatic hydroxyl groups excluding tert-OH is 1. The summed E-state index contributed by atoms with van der Waals surface area (Å²) in [4.78, 5) is 2.34. The highest BCUT2D eigenvalue weighted by molar-refractivity contribution is 5.85. The van der Waals surface area contributed by atoms with Crippen molar-refractivity contribution < 1.29 is 9.84 Å². The molecule has 0 aliphatic carbocycles. The molecule has 4 heteroatoms. The first kappa shape index (κ1) is 15.3. The molecule has 1 aliphatic heterocycles. The molecule has 102 valence electrons. The molecule has 1 fully saturated rings. The van der Waals surface area contributed by atoms with Crippen LogP contribution in [0.25, 0.3) is 0 Å². The van der Waals surface area contributed by atoms with Gasteiger partial charge in [-0.15, -0.1) is 12.4 Å². The summed E-state index contributed by atoms with van der Waals surface area (Å²) in [6.45, 7) is 4.27. The lowest BCUT2D eigenvalue weighted by atomic mass is 10.0. The molecule has 1 heterocycles. The summed E-state index contributed by atoms with van der Waals surface area (Å²) >= 11 is 0. The van der Waals surface area contributed by atoms with Crippen LogP contribution in [0.1, 0.15) is 31.4 Å². The Hall–Kier alpha value is -0.770. The van der Waals surface area contributed by atoms with Gasteiger partial charge in [0.1, 0.15) is 5.75 Å². The summed E-state index contributed by atoms with van der Waals surface area (Å²) in [6.07, 6.45) is 2.00. The van der Waals surface area contributed by atoms with E-state index in [-0.39, 0.29) is 18.4 Å². The summed E-state index contributed by atoms with van der Waals surface area (Å²) in [5.41, 5.74) is 0.884. The van der Waals surface area contributed by atoms with Crippen molar-refractivity contribution in [2.45, 2.75) is 31.9 Å². The van der Waals surface area contributed by atoms with E-state index < -0.39 is 6.10 Å². The summed E-state index contributed by atoms with van der Waals surface area (Å²) in [5.74, 6) is 0.769. The molecular formula is C14H22ClNO2. The van der Waals surface area contributed by atoms with Gasteiger partial charge in [0, 0.05) is 11.6 Å². The van der Waals surface area contributed by atoms with Crippen LogP contribution in [0, 0.1) is 0 Å².